The van der Waals surface area contributed by atoms with Crippen LogP contribution in [0, 0.1) is 18.7 Å². The summed E-state index contributed by atoms with van der Waals surface area (Å²) in [6.07, 6.45) is 0. The van der Waals surface area contributed by atoms with Gasteiger partial charge in [-0.1, -0.05) is 26.0 Å². The van der Waals surface area contributed by atoms with Crippen LogP contribution < -0.4 is 5.32 Å². The van der Waals surface area contributed by atoms with Gasteiger partial charge in [-0.3, -0.25) is 0 Å². The highest BCUT2D eigenvalue weighted by atomic mass is 19.1. The van der Waals surface area contributed by atoms with Gasteiger partial charge in [-0.15, -0.1) is 0 Å². The molecule has 0 heterocycles. The van der Waals surface area contributed by atoms with Gasteiger partial charge in [0, 0.05) is 19.1 Å². The average molecular weight is 252 g/mol. The van der Waals surface area contributed by atoms with Gasteiger partial charge in [0.25, 0.3) is 0 Å². The number of likely N-dealkylation sites (N-methyl/N-ethyl adjacent to an activating group) is 1. The van der Waals surface area contributed by atoms with Gasteiger partial charge in [0.2, 0.25) is 0 Å². The zero-order chi connectivity index (χ0) is 13.7. The molecule has 0 amide bonds. The second kappa shape index (κ2) is 6.86. The summed E-state index contributed by atoms with van der Waals surface area (Å²) in [7, 11) is 4.21. The van der Waals surface area contributed by atoms with Crippen molar-refractivity contribution in [3.05, 3.63) is 35.1 Å². The van der Waals surface area contributed by atoms with Crippen molar-refractivity contribution in [2.45, 2.75) is 33.4 Å². The minimum absolute atomic E-state index is 0.132. The minimum atomic E-state index is -0.132. The van der Waals surface area contributed by atoms with Crippen molar-refractivity contribution in [1.82, 2.24) is 10.2 Å². The maximum Gasteiger partial charge on any atom is 0.126 e. The molecule has 0 aromatic heterocycles. The van der Waals surface area contributed by atoms with E-state index in [2.05, 4.69) is 38.2 Å². The molecule has 0 aliphatic heterocycles. The molecule has 0 bridgehead atoms. The molecular formula is C15H25FN2. The van der Waals surface area contributed by atoms with Gasteiger partial charge in [-0.2, -0.15) is 0 Å². The number of nitrogens with one attached hydrogen (secondary N) is 1. The first-order chi connectivity index (χ1) is 8.41. The highest BCUT2D eigenvalue weighted by Gasteiger charge is 2.14. The maximum absolute atomic E-state index is 13.1. The predicted molar refractivity (Wildman–Crippen MR) is 75.2 cm³/mol. The molecule has 3 heteroatoms. The number of aryl methyl sites for hydroxylation is 1. The smallest absolute Gasteiger partial charge is 0.126 e. The molecule has 0 aliphatic rings. The van der Waals surface area contributed by atoms with Crippen molar-refractivity contribution in [3.63, 3.8) is 0 Å². The Bertz CT molecular complexity index is 367. The Morgan fingerprint density at radius 1 is 1.28 bits per heavy atom. The Labute approximate surface area is 110 Å². The quantitative estimate of drug-likeness (QED) is 0.837. The zero-order valence-corrected chi connectivity index (χ0v) is 12.1. The lowest BCUT2D eigenvalue weighted by atomic mass is 10.0. The van der Waals surface area contributed by atoms with Crippen LogP contribution in [-0.4, -0.2) is 31.6 Å². The number of benzene rings is 1. The van der Waals surface area contributed by atoms with E-state index in [1.165, 1.54) is 6.07 Å². The van der Waals surface area contributed by atoms with Gasteiger partial charge in [0.15, 0.2) is 0 Å². The van der Waals surface area contributed by atoms with Crippen molar-refractivity contribution < 1.29 is 4.39 Å². The first-order valence-electron chi connectivity index (χ1n) is 6.54. The van der Waals surface area contributed by atoms with Gasteiger partial charge in [-0.05, 0) is 44.1 Å². The predicted octanol–water partition coefficient (Wildman–Crippen LogP) is 2.81. The Morgan fingerprint density at radius 3 is 2.44 bits per heavy atom. The Balaban J connectivity index is 2.47. The number of hydrogen-bond acceptors (Lipinski definition) is 2. The van der Waals surface area contributed by atoms with Gasteiger partial charge in [-0.25, -0.2) is 4.39 Å². The van der Waals surface area contributed by atoms with Crippen LogP contribution in [0.5, 0.6) is 0 Å². The molecule has 1 aromatic rings. The van der Waals surface area contributed by atoms with Gasteiger partial charge >= 0.3 is 0 Å². The van der Waals surface area contributed by atoms with Crippen molar-refractivity contribution in [2.75, 3.05) is 20.6 Å². The van der Waals surface area contributed by atoms with Crippen molar-refractivity contribution >= 4 is 0 Å². The molecule has 0 saturated heterocycles. The van der Waals surface area contributed by atoms with E-state index in [4.69, 9.17) is 0 Å². The summed E-state index contributed by atoms with van der Waals surface area (Å²) in [6, 6.07) is 5.81. The number of hydrogen-bond donors (Lipinski definition) is 1. The van der Waals surface area contributed by atoms with Crippen molar-refractivity contribution in [3.8, 4) is 0 Å². The van der Waals surface area contributed by atoms with Crippen molar-refractivity contribution in [1.29, 1.82) is 0 Å². The van der Waals surface area contributed by atoms with Crippen LogP contribution >= 0.6 is 0 Å². The second-order valence-corrected chi connectivity index (χ2v) is 5.49. The van der Waals surface area contributed by atoms with E-state index in [-0.39, 0.29) is 5.82 Å². The lowest BCUT2D eigenvalue weighted by molar-refractivity contribution is 0.224. The fourth-order valence-corrected chi connectivity index (χ4v) is 2.20. The summed E-state index contributed by atoms with van der Waals surface area (Å²) >= 11 is 0. The summed E-state index contributed by atoms with van der Waals surface area (Å²) in [6.45, 7) is 8.00. The monoisotopic (exact) mass is 252 g/mol. The second-order valence-electron chi connectivity index (χ2n) is 5.49. The van der Waals surface area contributed by atoms with Crippen LogP contribution in [0.1, 0.15) is 25.0 Å². The summed E-state index contributed by atoms with van der Waals surface area (Å²) in [5.74, 6) is 0.481. The molecule has 102 valence electrons. The van der Waals surface area contributed by atoms with E-state index in [0.29, 0.717) is 17.5 Å². The van der Waals surface area contributed by atoms with Crippen LogP contribution in [0.3, 0.4) is 0 Å². The average Bonchev–Trinajstić information content (AvgIpc) is 2.28. The molecule has 0 aliphatic carbocycles. The first kappa shape index (κ1) is 15.1. The van der Waals surface area contributed by atoms with E-state index < -0.39 is 0 Å². The van der Waals surface area contributed by atoms with E-state index >= 15 is 0 Å². The van der Waals surface area contributed by atoms with Gasteiger partial charge < -0.3 is 10.2 Å². The molecular weight excluding hydrogens is 227 g/mol. The number of rotatable bonds is 6. The molecule has 18 heavy (non-hydrogen) atoms. The Kier molecular flexibility index (Phi) is 5.76. The molecule has 1 N–H and O–H groups in total. The molecule has 1 aromatic carbocycles. The standard InChI is InChI=1S/C15H25FN2/c1-11(2)15(18(4)5)10-17-9-13-6-7-14(16)12(3)8-13/h6-8,11,15,17H,9-10H2,1-5H3. The van der Waals surface area contributed by atoms with Gasteiger partial charge in [0.1, 0.15) is 5.82 Å². The highest BCUT2D eigenvalue weighted by Crippen LogP contribution is 2.10. The Morgan fingerprint density at radius 2 is 1.94 bits per heavy atom. The topological polar surface area (TPSA) is 15.3 Å². The van der Waals surface area contributed by atoms with E-state index in [9.17, 15) is 4.39 Å². The number of nitrogens with zero attached hydrogens (tertiary/aromatic N) is 1. The fourth-order valence-electron chi connectivity index (χ4n) is 2.20. The third-order valence-corrected chi connectivity index (χ3v) is 3.34. The lowest BCUT2D eigenvalue weighted by Crippen LogP contribution is -2.41. The first-order valence-corrected chi connectivity index (χ1v) is 6.54. The number of halogens is 1. The van der Waals surface area contributed by atoms with Crippen LogP contribution in [0.15, 0.2) is 18.2 Å². The Hall–Kier alpha value is -0.930. The molecule has 1 atom stereocenters. The van der Waals surface area contributed by atoms with Crippen LogP contribution in [-0.2, 0) is 6.54 Å². The van der Waals surface area contributed by atoms with E-state index in [1.54, 1.807) is 6.92 Å². The SMILES string of the molecule is Cc1cc(CNCC(C(C)C)N(C)C)ccc1F. The molecule has 0 spiro atoms. The van der Waals surface area contributed by atoms with Crippen LogP contribution in [0.25, 0.3) is 0 Å². The third kappa shape index (κ3) is 4.39. The molecule has 1 rings (SSSR count). The largest absolute Gasteiger partial charge is 0.311 e. The minimum Gasteiger partial charge on any atom is -0.311 e. The lowest BCUT2D eigenvalue weighted by Gasteiger charge is -2.28. The maximum atomic E-state index is 13.1. The van der Waals surface area contributed by atoms with Crippen LogP contribution in [0.4, 0.5) is 4.39 Å². The normalized spacial score (nSPS) is 13.3. The molecule has 1 unspecified atom stereocenters. The van der Waals surface area contributed by atoms with E-state index in [0.717, 1.165) is 18.7 Å². The molecule has 2 nitrogen and oxygen atoms in total. The summed E-state index contributed by atoms with van der Waals surface area (Å²) in [5.41, 5.74) is 1.84. The van der Waals surface area contributed by atoms with E-state index in [1.807, 2.05) is 12.1 Å². The molecule has 0 radical (unpaired) electrons. The molecule has 0 fully saturated rings. The van der Waals surface area contributed by atoms with Gasteiger partial charge in [0.05, 0.1) is 0 Å². The fraction of sp³-hybridized carbons (Fsp3) is 0.600. The molecule has 0 saturated carbocycles. The van der Waals surface area contributed by atoms with Crippen molar-refractivity contribution in [2.24, 2.45) is 5.92 Å². The summed E-state index contributed by atoms with van der Waals surface area (Å²) in [4.78, 5) is 2.24. The third-order valence-electron chi connectivity index (χ3n) is 3.34. The van der Waals surface area contributed by atoms with Crippen LogP contribution in [0.2, 0.25) is 0 Å². The summed E-state index contributed by atoms with van der Waals surface area (Å²) < 4.78 is 13.1. The summed E-state index contributed by atoms with van der Waals surface area (Å²) in [5, 5.41) is 3.45. The highest BCUT2D eigenvalue weighted by molar-refractivity contribution is 5.23. The zero-order valence-electron chi connectivity index (χ0n) is 12.1.